The Morgan fingerprint density at radius 2 is 1.00 bits per heavy atom. The van der Waals surface area contributed by atoms with E-state index in [2.05, 4.69) is 30.0 Å². The summed E-state index contributed by atoms with van der Waals surface area (Å²) in [6, 6.07) is 0. The highest BCUT2D eigenvalue weighted by atomic mass is 16.1. The molecule has 0 heterocycles. The Bertz CT molecular complexity index is 711. The third-order valence-electron chi connectivity index (χ3n) is 3.90. The van der Waals surface area contributed by atoms with Crippen LogP contribution in [0.1, 0.15) is 26.7 Å². The van der Waals surface area contributed by atoms with Gasteiger partial charge >= 0.3 is 0 Å². The van der Waals surface area contributed by atoms with Crippen molar-refractivity contribution < 1.29 is 28.8 Å². The summed E-state index contributed by atoms with van der Waals surface area (Å²) in [5, 5.41) is 0. The molecule has 0 saturated heterocycles. The molecule has 0 aromatic carbocycles. The highest BCUT2D eigenvalue weighted by Crippen LogP contribution is 2.40. The van der Waals surface area contributed by atoms with Crippen LogP contribution in [0.2, 0.25) is 0 Å². The van der Waals surface area contributed by atoms with E-state index < -0.39 is 29.8 Å². The number of hydrogen-bond acceptors (Lipinski definition) is 12. The van der Waals surface area contributed by atoms with E-state index in [0.717, 1.165) is 0 Å². The van der Waals surface area contributed by atoms with E-state index in [9.17, 15) is 28.8 Å². The molecule has 0 amide bonds. The van der Waals surface area contributed by atoms with Crippen molar-refractivity contribution in [3.8, 4) is 0 Å². The summed E-state index contributed by atoms with van der Waals surface area (Å²) in [6.45, 7) is 3.03. The first-order valence-electron chi connectivity index (χ1n) is 7.40. The molecule has 1 atom stereocenters. The highest BCUT2D eigenvalue weighted by Gasteiger charge is 2.46. The zero-order valence-electron chi connectivity index (χ0n) is 14.4. The topological polar surface area (TPSA) is 177 Å². The van der Waals surface area contributed by atoms with E-state index in [-0.39, 0.29) is 12.8 Å². The SMILES string of the molecule is CCC(CC(C)(C(N=C=O)N=C=O)C(N=C=O)N=C=O)C(N=C=O)N=C=O. The van der Waals surface area contributed by atoms with Crippen LogP contribution < -0.4 is 0 Å². The third kappa shape index (κ3) is 6.59. The second-order valence-corrected chi connectivity index (χ2v) is 5.36. The largest absolute Gasteiger partial charge is 0.237 e. The van der Waals surface area contributed by atoms with Gasteiger partial charge in [-0.3, -0.25) is 0 Å². The van der Waals surface area contributed by atoms with Crippen LogP contribution >= 0.6 is 0 Å². The van der Waals surface area contributed by atoms with Gasteiger partial charge in [-0.2, -0.15) is 30.0 Å². The lowest BCUT2D eigenvalue weighted by molar-refractivity contribution is 0.144. The van der Waals surface area contributed by atoms with Crippen LogP contribution in [0.5, 0.6) is 0 Å². The first-order valence-corrected chi connectivity index (χ1v) is 7.40. The molecule has 27 heavy (non-hydrogen) atoms. The van der Waals surface area contributed by atoms with Gasteiger partial charge in [0.05, 0.1) is 5.41 Å². The van der Waals surface area contributed by atoms with Gasteiger partial charge in [-0.05, 0) is 12.8 Å². The van der Waals surface area contributed by atoms with Gasteiger partial charge in [-0.15, -0.1) is 0 Å². The van der Waals surface area contributed by atoms with Crippen LogP contribution in [0.4, 0.5) is 0 Å². The minimum absolute atomic E-state index is 0.146. The maximum atomic E-state index is 10.7. The molecule has 0 rings (SSSR count). The minimum Gasteiger partial charge on any atom is -0.211 e. The Balaban J connectivity index is 6.52. The molecule has 0 saturated carbocycles. The lowest BCUT2D eigenvalue weighted by Gasteiger charge is -2.36. The van der Waals surface area contributed by atoms with Crippen LogP contribution in [0.3, 0.4) is 0 Å². The molecule has 12 heteroatoms. The summed E-state index contributed by atoms with van der Waals surface area (Å²) < 4.78 is 0. The fourth-order valence-corrected chi connectivity index (χ4v) is 2.56. The normalized spacial score (nSPS) is 15.8. The zero-order chi connectivity index (χ0) is 20.7. The maximum Gasteiger partial charge on any atom is 0.237 e. The van der Waals surface area contributed by atoms with Crippen molar-refractivity contribution >= 4 is 36.5 Å². The van der Waals surface area contributed by atoms with Gasteiger partial charge in [0, 0.05) is 5.92 Å². The summed E-state index contributed by atoms with van der Waals surface area (Å²) in [5.41, 5.74) is -1.56. The first kappa shape index (κ1) is 23.3. The molecule has 0 aromatic heterocycles. The molecule has 12 nitrogen and oxygen atoms in total. The smallest absolute Gasteiger partial charge is 0.211 e. The quantitative estimate of drug-likeness (QED) is 0.352. The van der Waals surface area contributed by atoms with Crippen LogP contribution in [-0.2, 0) is 28.8 Å². The van der Waals surface area contributed by atoms with E-state index in [1.807, 2.05) is 0 Å². The molecule has 0 spiro atoms. The van der Waals surface area contributed by atoms with Gasteiger partial charge in [0.15, 0.2) is 18.5 Å². The van der Waals surface area contributed by atoms with Gasteiger partial charge < -0.3 is 0 Å². The van der Waals surface area contributed by atoms with Crippen LogP contribution in [0, 0.1) is 11.3 Å². The molecule has 0 radical (unpaired) electrons. The van der Waals surface area contributed by atoms with Gasteiger partial charge in [0.2, 0.25) is 36.5 Å². The zero-order valence-corrected chi connectivity index (χ0v) is 14.4. The fraction of sp³-hybridized carbons (Fsp3) is 0.600. The Hall–Kier alpha value is -3.72. The van der Waals surface area contributed by atoms with Crippen molar-refractivity contribution in [2.75, 3.05) is 0 Å². The van der Waals surface area contributed by atoms with Crippen LogP contribution in [0.25, 0.3) is 0 Å². The lowest BCUT2D eigenvalue weighted by atomic mass is 9.74. The molecular formula is C15H14N6O6. The average Bonchev–Trinajstić information content (AvgIpc) is 2.65. The van der Waals surface area contributed by atoms with Crippen molar-refractivity contribution in [3.05, 3.63) is 0 Å². The standard InChI is InChI=1S/C15H14N6O6/c1-3-11(12(16-5-22)17-6-23)4-15(2,13(18-7-24)19-8-25)14(20-9-26)21-10-27/h11-14H,3-4H2,1-2H3. The molecule has 0 aliphatic rings. The summed E-state index contributed by atoms with van der Waals surface area (Å²) in [5.74, 6) is -0.685. The Morgan fingerprint density at radius 1 is 0.667 bits per heavy atom. The van der Waals surface area contributed by atoms with E-state index >= 15 is 0 Å². The van der Waals surface area contributed by atoms with Crippen molar-refractivity contribution in [1.29, 1.82) is 0 Å². The van der Waals surface area contributed by atoms with E-state index in [1.165, 1.54) is 43.4 Å². The number of carbonyl (C=O) groups excluding carboxylic acids is 6. The summed E-state index contributed by atoms with van der Waals surface area (Å²) in [6.07, 6.45) is 3.35. The summed E-state index contributed by atoms with van der Waals surface area (Å²) in [7, 11) is 0. The molecule has 0 fully saturated rings. The summed E-state index contributed by atoms with van der Waals surface area (Å²) in [4.78, 5) is 84.4. The third-order valence-corrected chi connectivity index (χ3v) is 3.90. The number of aliphatic imine (C=N–C) groups is 6. The molecule has 0 aliphatic carbocycles. The predicted molar refractivity (Wildman–Crippen MR) is 86.6 cm³/mol. The minimum atomic E-state index is -1.56. The number of isocyanates is 6. The monoisotopic (exact) mass is 374 g/mol. The number of hydrogen-bond donors (Lipinski definition) is 0. The maximum absolute atomic E-state index is 10.7. The van der Waals surface area contributed by atoms with E-state index in [4.69, 9.17) is 0 Å². The molecule has 0 N–H and O–H groups in total. The van der Waals surface area contributed by atoms with Crippen molar-refractivity contribution in [3.63, 3.8) is 0 Å². The second kappa shape index (κ2) is 12.6. The van der Waals surface area contributed by atoms with Gasteiger partial charge in [-0.25, -0.2) is 28.8 Å². The highest BCUT2D eigenvalue weighted by molar-refractivity contribution is 5.40. The van der Waals surface area contributed by atoms with E-state index in [1.54, 1.807) is 6.92 Å². The number of nitrogens with zero attached hydrogens (tertiary/aromatic N) is 6. The van der Waals surface area contributed by atoms with Crippen molar-refractivity contribution in [2.24, 2.45) is 41.3 Å². The van der Waals surface area contributed by atoms with Crippen molar-refractivity contribution in [2.45, 2.75) is 45.2 Å². The molecule has 0 aliphatic heterocycles. The molecule has 1 unspecified atom stereocenters. The van der Waals surface area contributed by atoms with Gasteiger partial charge in [-0.1, -0.05) is 13.8 Å². The Morgan fingerprint density at radius 3 is 1.26 bits per heavy atom. The molecule has 0 aromatic rings. The fourth-order valence-electron chi connectivity index (χ4n) is 2.56. The van der Waals surface area contributed by atoms with E-state index in [0.29, 0.717) is 0 Å². The second-order valence-electron chi connectivity index (χ2n) is 5.36. The van der Waals surface area contributed by atoms with Gasteiger partial charge in [0.1, 0.15) is 0 Å². The Kier molecular flexibility index (Phi) is 10.9. The van der Waals surface area contributed by atoms with Gasteiger partial charge in [0.25, 0.3) is 0 Å². The molecular weight excluding hydrogens is 360 g/mol. The van der Waals surface area contributed by atoms with Crippen LogP contribution in [-0.4, -0.2) is 55.0 Å². The van der Waals surface area contributed by atoms with Crippen molar-refractivity contribution in [1.82, 2.24) is 0 Å². The number of rotatable bonds is 12. The average molecular weight is 374 g/mol. The first-order chi connectivity index (χ1) is 13.0. The summed E-state index contributed by atoms with van der Waals surface area (Å²) >= 11 is 0. The van der Waals surface area contributed by atoms with Crippen LogP contribution in [0.15, 0.2) is 30.0 Å². The molecule has 140 valence electrons. The predicted octanol–water partition coefficient (Wildman–Crippen LogP) is 0.402. The molecule has 0 bridgehead atoms. The lowest BCUT2D eigenvalue weighted by Crippen LogP contribution is -2.42. The Labute approximate surface area is 152 Å².